The lowest BCUT2D eigenvalue weighted by Gasteiger charge is -2.28. The van der Waals surface area contributed by atoms with Crippen LogP contribution in [0.1, 0.15) is 19.8 Å². The maximum atomic E-state index is 11.2. The molecule has 1 unspecified atom stereocenters. The van der Waals surface area contributed by atoms with Crippen LogP contribution in [-0.2, 0) is 9.84 Å². The largest absolute Gasteiger partial charge is 0.389 e. The first-order valence-electron chi connectivity index (χ1n) is 5.70. The Morgan fingerprint density at radius 3 is 2.44 bits per heavy atom. The van der Waals surface area contributed by atoms with E-state index in [4.69, 9.17) is 5.73 Å². The van der Waals surface area contributed by atoms with Gasteiger partial charge in [0.2, 0.25) is 0 Å². The number of sulfone groups is 1. The van der Waals surface area contributed by atoms with Crippen molar-refractivity contribution in [3.8, 4) is 0 Å². The molecule has 1 fully saturated rings. The van der Waals surface area contributed by atoms with Crippen LogP contribution in [0.25, 0.3) is 0 Å². The van der Waals surface area contributed by atoms with E-state index in [9.17, 15) is 13.5 Å². The second-order valence-electron chi connectivity index (χ2n) is 4.80. The van der Waals surface area contributed by atoms with E-state index >= 15 is 0 Å². The summed E-state index contributed by atoms with van der Waals surface area (Å²) < 4.78 is 22.4. The number of hydrogen-bond donors (Lipinski definition) is 2. The van der Waals surface area contributed by atoms with Crippen LogP contribution < -0.4 is 5.73 Å². The smallest absolute Gasteiger partial charge is 0.152 e. The van der Waals surface area contributed by atoms with Gasteiger partial charge in [0.25, 0.3) is 0 Å². The molecule has 3 N–H and O–H groups in total. The van der Waals surface area contributed by atoms with Crippen molar-refractivity contribution in [1.29, 1.82) is 0 Å². The summed E-state index contributed by atoms with van der Waals surface area (Å²) in [5, 5.41) is 9.70. The van der Waals surface area contributed by atoms with Crippen LogP contribution in [0.4, 0.5) is 0 Å². The van der Waals surface area contributed by atoms with Crippen LogP contribution in [-0.4, -0.2) is 61.7 Å². The topological polar surface area (TPSA) is 83.6 Å². The molecule has 0 aliphatic carbocycles. The van der Waals surface area contributed by atoms with Gasteiger partial charge in [0.1, 0.15) is 0 Å². The van der Waals surface area contributed by atoms with E-state index in [1.54, 1.807) is 6.92 Å². The van der Waals surface area contributed by atoms with Gasteiger partial charge in [-0.15, -0.1) is 0 Å². The van der Waals surface area contributed by atoms with Crippen LogP contribution in [0.3, 0.4) is 0 Å². The zero-order chi connectivity index (χ0) is 12.2. The summed E-state index contributed by atoms with van der Waals surface area (Å²) in [6, 6.07) is 0. The quantitative estimate of drug-likeness (QED) is 0.668. The molecule has 1 aliphatic heterocycles. The summed E-state index contributed by atoms with van der Waals surface area (Å²) >= 11 is 0. The lowest BCUT2D eigenvalue weighted by atomic mass is 10.0. The molecule has 6 heteroatoms. The van der Waals surface area contributed by atoms with E-state index in [0.29, 0.717) is 19.5 Å². The van der Waals surface area contributed by atoms with Crippen molar-refractivity contribution in [3.63, 3.8) is 0 Å². The Morgan fingerprint density at radius 1 is 1.38 bits per heavy atom. The van der Waals surface area contributed by atoms with Crippen molar-refractivity contribution in [1.82, 2.24) is 4.90 Å². The molecule has 0 radical (unpaired) electrons. The predicted octanol–water partition coefficient (Wildman–Crippen LogP) is -0.793. The highest BCUT2D eigenvalue weighted by atomic mass is 32.2. The third-order valence-electron chi connectivity index (χ3n) is 3.07. The van der Waals surface area contributed by atoms with Crippen molar-refractivity contribution in [2.45, 2.75) is 25.4 Å². The molecule has 1 rings (SSSR count). The highest BCUT2D eigenvalue weighted by Crippen LogP contribution is 2.12. The van der Waals surface area contributed by atoms with E-state index in [1.807, 2.05) is 0 Å². The highest BCUT2D eigenvalue weighted by molar-refractivity contribution is 7.91. The first-order chi connectivity index (χ1) is 7.35. The molecule has 0 amide bonds. The van der Waals surface area contributed by atoms with Gasteiger partial charge in [0.15, 0.2) is 9.84 Å². The fourth-order valence-electron chi connectivity index (χ4n) is 1.76. The van der Waals surface area contributed by atoms with Crippen LogP contribution >= 0.6 is 0 Å². The molecule has 1 atom stereocenters. The van der Waals surface area contributed by atoms with E-state index in [-0.39, 0.29) is 18.1 Å². The zero-order valence-electron chi connectivity index (χ0n) is 9.85. The van der Waals surface area contributed by atoms with Gasteiger partial charge in [0, 0.05) is 19.6 Å². The summed E-state index contributed by atoms with van der Waals surface area (Å²) in [5.41, 5.74) is 4.63. The van der Waals surface area contributed by atoms with Gasteiger partial charge in [-0.1, -0.05) is 0 Å². The van der Waals surface area contributed by atoms with Crippen molar-refractivity contribution in [2.75, 3.05) is 37.7 Å². The van der Waals surface area contributed by atoms with Crippen molar-refractivity contribution in [2.24, 2.45) is 5.73 Å². The monoisotopic (exact) mass is 250 g/mol. The zero-order valence-corrected chi connectivity index (χ0v) is 10.7. The van der Waals surface area contributed by atoms with Gasteiger partial charge >= 0.3 is 0 Å². The average molecular weight is 250 g/mol. The van der Waals surface area contributed by atoms with E-state index in [0.717, 1.165) is 13.0 Å². The average Bonchev–Trinajstić information content (AvgIpc) is 2.20. The standard InChI is InChI=1S/C10H22N2O3S/c1-10(13,9-11)3-2-4-12-5-7-16(14,15)8-6-12/h13H,2-9,11H2,1H3. The molecule has 5 nitrogen and oxygen atoms in total. The van der Waals surface area contributed by atoms with Crippen molar-refractivity contribution in [3.05, 3.63) is 0 Å². The van der Waals surface area contributed by atoms with E-state index in [2.05, 4.69) is 4.90 Å². The minimum atomic E-state index is -2.78. The Balaban J connectivity index is 2.21. The first kappa shape index (κ1) is 13.9. The normalized spacial score (nSPS) is 25.2. The molecule has 0 aromatic rings. The van der Waals surface area contributed by atoms with Gasteiger partial charge in [-0.05, 0) is 26.3 Å². The fraction of sp³-hybridized carbons (Fsp3) is 1.00. The summed E-state index contributed by atoms with van der Waals surface area (Å²) in [4.78, 5) is 2.13. The summed E-state index contributed by atoms with van der Waals surface area (Å²) in [6.07, 6.45) is 1.51. The second kappa shape index (κ2) is 5.44. The van der Waals surface area contributed by atoms with Crippen LogP contribution in [0.15, 0.2) is 0 Å². The molecule has 96 valence electrons. The molecular weight excluding hydrogens is 228 g/mol. The fourth-order valence-corrected chi connectivity index (χ4v) is 3.04. The van der Waals surface area contributed by atoms with Crippen molar-refractivity contribution >= 4 is 9.84 Å². The van der Waals surface area contributed by atoms with Gasteiger partial charge in [0.05, 0.1) is 17.1 Å². The second-order valence-corrected chi connectivity index (χ2v) is 7.10. The van der Waals surface area contributed by atoms with Crippen molar-refractivity contribution < 1.29 is 13.5 Å². The molecule has 1 heterocycles. The third kappa shape index (κ3) is 4.78. The number of rotatable bonds is 5. The van der Waals surface area contributed by atoms with E-state index in [1.165, 1.54) is 0 Å². The van der Waals surface area contributed by atoms with Gasteiger partial charge < -0.3 is 15.7 Å². The lowest BCUT2D eigenvalue weighted by molar-refractivity contribution is 0.0546. The molecule has 16 heavy (non-hydrogen) atoms. The molecule has 0 saturated carbocycles. The third-order valence-corrected chi connectivity index (χ3v) is 4.68. The van der Waals surface area contributed by atoms with Gasteiger partial charge in [-0.25, -0.2) is 8.42 Å². The summed E-state index contributed by atoms with van der Waals surface area (Å²) in [6.45, 7) is 4.07. The molecule has 1 saturated heterocycles. The van der Waals surface area contributed by atoms with Gasteiger partial charge in [-0.2, -0.15) is 0 Å². The summed E-state index contributed by atoms with van der Waals surface area (Å²) in [7, 11) is -2.78. The maximum Gasteiger partial charge on any atom is 0.152 e. The Hall–Kier alpha value is -0.170. The Morgan fingerprint density at radius 2 is 1.94 bits per heavy atom. The Kier molecular flexibility index (Phi) is 4.73. The number of nitrogens with two attached hydrogens (primary N) is 1. The maximum absolute atomic E-state index is 11.2. The molecule has 0 aromatic heterocycles. The molecule has 0 bridgehead atoms. The minimum Gasteiger partial charge on any atom is -0.389 e. The van der Waals surface area contributed by atoms with E-state index < -0.39 is 15.4 Å². The predicted molar refractivity (Wildman–Crippen MR) is 64.0 cm³/mol. The van der Waals surface area contributed by atoms with Crippen LogP contribution in [0, 0.1) is 0 Å². The first-order valence-corrected chi connectivity index (χ1v) is 7.52. The molecular formula is C10H22N2O3S. The Labute approximate surface area is 97.5 Å². The SMILES string of the molecule is CC(O)(CN)CCCN1CCS(=O)(=O)CC1. The highest BCUT2D eigenvalue weighted by Gasteiger charge is 2.22. The lowest BCUT2D eigenvalue weighted by Crippen LogP contribution is -2.41. The Bertz CT molecular complexity index is 300. The number of hydrogen-bond acceptors (Lipinski definition) is 5. The molecule has 0 spiro atoms. The van der Waals surface area contributed by atoms with Crippen LogP contribution in [0.2, 0.25) is 0 Å². The van der Waals surface area contributed by atoms with Crippen LogP contribution in [0.5, 0.6) is 0 Å². The number of nitrogens with zero attached hydrogens (tertiary/aromatic N) is 1. The minimum absolute atomic E-state index is 0.264. The molecule has 1 aliphatic rings. The van der Waals surface area contributed by atoms with Gasteiger partial charge in [-0.3, -0.25) is 0 Å². The number of aliphatic hydroxyl groups is 1. The summed E-state index contributed by atoms with van der Waals surface area (Å²) in [5.74, 6) is 0.528. The molecule has 0 aromatic carbocycles.